The summed E-state index contributed by atoms with van der Waals surface area (Å²) in [5, 5.41) is 2.01. The number of nitrogens with zero attached hydrogens (tertiary/aromatic N) is 14. The fraction of sp³-hybridized carbons (Fsp3) is 0.586. The van der Waals surface area contributed by atoms with E-state index in [-0.39, 0.29) is 72.0 Å². The number of hydrogen-bond acceptors (Lipinski definition) is 26. The maximum Gasteiger partial charge on any atom is 0.410 e. The van der Waals surface area contributed by atoms with Gasteiger partial charge in [-0.3, -0.25) is 0 Å². The van der Waals surface area contributed by atoms with E-state index in [1.807, 2.05) is 62.3 Å². The molecule has 4 aliphatic carbocycles. The number of likely N-dealkylation sites (tertiary alicyclic amines) is 2. The Labute approximate surface area is 735 Å². The van der Waals surface area contributed by atoms with Gasteiger partial charge < -0.3 is 76.1 Å². The number of carbonyl (C=O) groups excluding carboxylic acids is 2. The van der Waals surface area contributed by atoms with E-state index in [4.69, 9.17) is 137 Å². The second kappa shape index (κ2) is 40.5. The molecule has 12 heterocycles. The van der Waals surface area contributed by atoms with Crippen LogP contribution in [-0.2, 0) is 33.2 Å². The zero-order valence-electron chi connectivity index (χ0n) is 69.9. The molecule has 30 nitrogen and oxygen atoms in total. The first-order valence-corrected chi connectivity index (χ1v) is 43.6. The lowest BCUT2D eigenvalue weighted by Crippen LogP contribution is -2.59. The summed E-state index contributed by atoms with van der Waals surface area (Å²) in [5.41, 5.74) is 3.81. The predicted molar refractivity (Wildman–Crippen MR) is 451 cm³/mol. The zero-order valence-corrected chi connectivity index (χ0v) is 73.7. The van der Waals surface area contributed by atoms with E-state index in [9.17, 15) is 9.59 Å². The monoisotopic (exact) mass is 1770 g/mol. The number of halogens is 5. The summed E-state index contributed by atoms with van der Waals surface area (Å²) in [7, 11) is 0. The molecular weight excluding hydrogens is 1670 g/mol. The average molecular weight is 1780 g/mol. The van der Waals surface area contributed by atoms with Gasteiger partial charge in [0, 0.05) is 102 Å². The number of ether oxygens (including phenoxy) is 14. The van der Waals surface area contributed by atoms with Crippen LogP contribution in [0.25, 0.3) is 9.69 Å². The van der Waals surface area contributed by atoms with Gasteiger partial charge in [0.05, 0.1) is 100 Å². The second-order valence-electron chi connectivity index (χ2n) is 34.3. The van der Waals surface area contributed by atoms with Gasteiger partial charge in [0.1, 0.15) is 100 Å². The first kappa shape index (κ1) is 89.5. The van der Waals surface area contributed by atoms with Gasteiger partial charge in [0.2, 0.25) is 41.2 Å². The van der Waals surface area contributed by atoms with Crippen LogP contribution in [0.2, 0.25) is 25.5 Å². The molecule has 7 aliphatic heterocycles. The molecule has 10 bridgehead atoms. The van der Waals surface area contributed by atoms with Crippen LogP contribution in [0.3, 0.4) is 0 Å². The summed E-state index contributed by atoms with van der Waals surface area (Å²) < 4.78 is 82.4. The Kier molecular flexibility index (Phi) is 29.7. The van der Waals surface area contributed by atoms with Crippen LogP contribution in [0.5, 0.6) is 52.7 Å². The number of rotatable bonds is 15. The van der Waals surface area contributed by atoms with Gasteiger partial charge in [0.15, 0.2) is 11.4 Å². The zero-order chi connectivity index (χ0) is 85.9. The Morgan fingerprint density at radius 2 is 0.672 bits per heavy atom. The fourth-order valence-electron chi connectivity index (χ4n) is 17.2. The number of hydrogen-bond donors (Lipinski definition) is 0. The minimum Gasteiger partial charge on any atom is -0.473 e. The van der Waals surface area contributed by atoms with Crippen molar-refractivity contribution in [3.63, 3.8) is 0 Å². The van der Waals surface area contributed by atoms with Crippen molar-refractivity contribution >= 4 is 81.6 Å². The van der Waals surface area contributed by atoms with E-state index in [0.717, 1.165) is 87.6 Å². The van der Waals surface area contributed by atoms with Crippen LogP contribution in [0.1, 0.15) is 126 Å². The van der Waals surface area contributed by atoms with Gasteiger partial charge in [0.25, 0.3) is 0 Å². The minimum atomic E-state index is -0.509. The van der Waals surface area contributed by atoms with Crippen LogP contribution < -0.4 is 33.2 Å². The van der Waals surface area contributed by atoms with Crippen LogP contribution in [0.4, 0.5) is 21.0 Å². The van der Waals surface area contributed by atoms with Gasteiger partial charge >= 0.3 is 12.2 Å². The van der Waals surface area contributed by atoms with E-state index in [1.54, 1.807) is 46.2 Å². The Balaban J connectivity index is 0.000000127. The molecule has 7 aromatic rings. The maximum atomic E-state index is 12.6. The lowest BCUT2D eigenvalue weighted by Gasteiger charge is -2.46. The Morgan fingerprint density at radius 1 is 0.402 bits per heavy atom. The standard InChI is InChI=1S/C24H25ClN4O5.C20H20ClN3O3.C17H24ClN3O4.2C13H17ClN2O2/c1-14-21(32-19-5-4-17(26-3)8-18(19)25)27-13-28-22(14)33-20-15-9-29(10-16(20)12-31-11-15)23(30)34-24(2)6-7-24;1-12-19(26-17-7-6-15(22-2)8-16(17)21)23-11-24-20(12)27-18-13-4-3-5-14(18)10-25-9-13;1-10-14(18)19-9-20-15(10)24-13-11-5-21(6-12(13)8-23-7-11)16(22)25-17(2,3)4;2*1-8-12(14)15-7-16-13(8)18-11-9-3-2-4-10(11)6-17-5-9/h4-5,8,13,15-16,20H,6-7,9-12H2,1-2H3;6-8,11,13-14,18H,3-5,9-10H2,1H3;9,11-13H,5-8H2,1-4H3;2*7,9-11H,2-6H2,1H3. The van der Waals surface area contributed by atoms with Crippen molar-refractivity contribution in [3.05, 3.63) is 144 Å². The molecule has 18 rings (SSSR count). The molecule has 7 saturated heterocycles. The predicted octanol–water partition coefficient (Wildman–Crippen LogP) is 17.7. The molecule has 5 aromatic heterocycles. The third kappa shape index (κ3) is 22.3. The van der Waals surface area contributed by atoms with Crippen molar-refractivity contribution < 1.29 is 75.9 Å². The molecule has 4 saturated carbocycles. The third-order valence-corrected chi connectivity index (χ3v) is 25.8. The molecule has 122 heavy (non-hydrogen) atoms. The summed E-state index contributed by atoms with van der Waals surface area (Å²) in [6.45, 7) is 39.9. The van der Waals surface area contributed by atoms with Gasteiger partial charge in [-0.25, -0.2) is 69.1 Å². The van der Waals surface area contributed by atoms with E-state index >= 15 is 0 Å². The molecule has 0 N–H and O–H groups in total. The quantitative estimate of drug-likeness (QED) is 0.0680. The van der Waals surface area contributed by atoms with Crippen molar-refractivity contribution in [1.82, 2.24) is 59.6 Å². The highest BCUT2D eigenvalue weighted by molar-refractivity contribution is 6.33. The van der Waals surface area contributed by atoms with Crippen molar-refractivity contribution in [2.24, 2.45) is 59.2 Å². The van der Waals surface area contributed by atoms with Gasteiger partial charge in [-0.1, -0.05) is 89.4 Å². The molecule has 10 atom stereocenters. The SMILES string of the molecule is Cc1c(Cl)ncnc1OC1C2CCCC1COC2.Cc1c(Cl)ncnc1OC1C2CCCC1COC2.Cc1c(Cl)ncnc1OC1C2COCC1CN(C(=O)OC(C)(C)C)C2.[C-]#[N+]c1ccc(Oc2ncnc(OC3C4CCCC3COC4)c2C)c(Cl)c1.[C-]#[N+]c1ccc(Oc2ncnc(OC3C4COCC3CN(C(=O)OC3(C)CC3)C4)c2C)c(Cl)c1. The van der Waals surface area contributed by atoms with Crippen molar-refractivity contribution in [2.45, 2.75) is 175 Å². The van der Waals surface area contributed by atoms with Crippen LogP contribution in [0.15, 0.2) is 68.0 Å². The normalized spacial score (nSPS) is 26.8. The highest BCUT2D eigenvalue weighted by Gasteiger charge is 2.50. The average Bonchev–Trinajstić information content (AvgIpc) is 1.73. The second-order valence-corrected chi connectivity index (χ2v) is 36.1. The van der Waals surface area contributed by atoms with Crippen molar-refractivity contribution in [3.8, 4) is 52.7 Å². The largest absolute Gasteiger partial charge is 0.473 e. The van der Waals surface area contributed by atoms with E-state index < -0.39 is 5.60 Å². The molecule has 2 amide bonds. The van der Waals surface area contributed by atoms with E-state index in [2.05, 4.69) is 59.5 Å². The molecule has 2 aromatic carbocycles. The summed E-state index contributed by atoms with van der Waals surface area (Å²) in [6.07, 6.45) is 19.5. The van der Waals surface area contributed by atoms with Gasteiger partial charge in [-0.05, 0) is 138 Å². The summed E-state index contributed by atoms with van der Waals surface area (Å²) in [4.78, 5) is 76.9. The number of aromatic nitrogens is 10. The topological polar surface area (TPSA) is 307 Å². The maximum absolute atomic E-state index is 12.6. The summed E-state index contributed by atoms with van der Waals surface area (Å²) in [6, 6.07) is 9.70. The molecule has 0 radical (unpaired) electrons. The van der Waals surface area contributed by atoms with Crippen LogP contribution in [0, 0.1) is 107 Å². The minimum absolute atomic E-state index is 0.00130. The Bertz CT molecular complexity index is 4740. The first-order valence-electron chi connectivity index (χ1n) is 41.7. The lowest BCUT2D eigenvalue weighted by molar-refractivity contribution is -0.113. The molecule has 11 fully saturated rings. The lowest BCUT2D eigenvalue weighted by atomic mass is 9.77. The van der Waals surface area contributed by atoms with Crippen LogP contribution in [-0.4, -0.2) is 206 Å². The van der Waals surface area contributed by atoms with Gasteiger partial charge in [-0.2, -0.15) is 0 Å². The number of fused-ring (bicyclic) bond motifs is 10. The van der Waals surface area contributed by atoms with Crippen molar-refractivity contribution in [2.75, 3.05) is 92.2 Å². The van der Waals surface area contributed by atoms with Gasteiger partial charge in [-0.15, -0.1) is 0 Å². The molecule has 10 unspecified atom stereocenters. The number of carbonyl (C=O) groups is 2. The summed E-state index contributed by atoms with van der Waals surface area (Å²) >= 11 is 30.5. The highest BCUT2D eigenvalue weighted by atomic mass is 35.5. The van der Waals surface area contributed by atoms with E-state index in [0.29, 0.717) is 183 Å². The molecule has 0 spiro atoms. The molecule has 35 heteroatoms. The molecule has 652 valence electrons. The van der Waals surface area contributed by atoms with Crippen LogP contribution >= 0.6 is 58.0 Å². The van der Waals surface area contributed by atoms with E-state index in [1.165, 1.54) is 76.6 Å². The molecular formula is C87H103Cl5N14O16. The molecule has 11 aliphatic rings. The Morgan fingerprint density at radius 3 is 0.959 bits per heavy atom. The smallest absolute Gasteiger partial charge is 0.410 e. The number of benzene rings is 2. The fourth-order valence-corrected chi connectivity index (χ4v) is 18.0. The Hall–Kier alpha value is -8.79. The first-order chi connectivity index (χ1) is 58.8. The highest BCUT2D eigenvalue weighted by Crippen LogP contribution is 2.45. The van der Waals surface area contributed by atoms with Crippen molar-refractivity contribution in [1.29, 1.82) is 0 Å². The summed E-state index contributed by atoms with van der Waals surface area (Å²) in [5.74, 6) is 7.17. The number of piperidine rings is 2. The number of amides is 2. The third-order valence-electron chi connectivity index (χ3n) is 24.1.